The van der Waals surface area contributed by atoms with E-state index in [4.69, 9.17) is 0 Å². The molecule has 1 atom stereocenters. The SMILES string of the molecule is CC1=[C]([Ti]([CH3])([CH3])[CH3])C2=C(CCCC2)C1C[SiH3]. The first-order valence-corrected chi connectivity index (χ1v) is 13.8. The van der Waals surface area contributed by atoms with Gasteiger partial charge in [0.2, 0.25) is 0 Å². The van der Waals surface area contributed by atoms with E-state index in [1.165, 1.54) is 42.0 Å². The number of hydrogen-bond acceptors (Lipinski definition) is 0. The molecule has 2 heteroatoms. The molecule has 1 unspecified atom stereocenters. The molecular weight excluding hydrogens is 244 g/mol. The first-order chi connectivity index (χ1) is 7.46. The van der Waals surface area contributed by atoms with Gasteiger partial charge >= 0.3 is 108 Å². The van der Waals surface area contributed by atoms with Gasteiger partial charge in [0.1, 0.15) is 0 Å². The molecule has 0 spiro atoms. The Bertz CT molecular complexity index is 357. The van der Waals surface area contributed by atoms with E-state index in [1.54, 1.807) is 5.57 Å². The summed E-state index contributed by atoms with van der Waals surface area (Å²) in [5, 5.41) is 7.73. The van der Waals surface area contributed by atoms with Crippen LogP contribution in [0.15, 0.2) is 20.6 Å². The Morgan fingerprint density at radius 2 is 1.81 bits per heavy atom. The summed E-state index contributed by atoms with van der Waals surface area (Å²) in [5.41, 5.74) is 5.54. The Kier molecular flexibility index (Phi) is 3.69. The minimum absolute atomic E-state index is 0.891. The van der Waals surface area contributed by atoms with Gasteiger partial charge in [0, 0.05) is 0 Å². The first-order valence-electron chi connectivity index (χ1n) is 6.90. The second-order valence-electron chi connectivity index (χ2n) is 6.48. The van der Waals surface area contributed by atoms with Crippen molar-refractivity contribution in [2.24, 2.45) is 5.92 Å². The molecule has 0 nitrogen and oxygen atoms in total. The summed E-state index contributed by atoms with van der Waals surface area (Å²) < 4.78 is 1.91. The average Bonchev–Trinajstić information content (AvgIpc) is 2.48. The molecule has 0 fully saturated rings. The molecule has 0 saturated heterocycles. The maximum absolute atomic E-state index is 2.58. The summed E-state index contributed by atoms with van der Waals surface area (Å²) in [6.45, 7) is 2.45. The molecule has 0 amide bonds. The van der Waals surface area contributed by atoms with Gasteiger partial charge in [-0.1, -0.05) is 0 Å². The van der Waals surface area contributed by atoms with Crippen molar-refractivity contribution in [3.8, 4) is 0 Å². The third-order valence-electron chi connectivity index (χ3n) is 4.31. The van der Waals surface area contributed by atoms with Gasteiger partial charge in [0.05, 0.1) is 0 Å². The van der Waals surface area contributed by atoms with Gasteiger partial charge in [-0.05, 0) is 0 Å². The van der Waals surface area contributed by atoms with E-state index < -0.39 is 16.6 Å². The normalized spacial score (nSPS) is 26.6. The Labute approximate surface area is 107 Å². The van der Waals surface area contributed by atoms with Crippen molar-refractivity contribution in [1.82, 2.24) is 0 Å². The van der Waals surface area contributed by atoms with Crippen molar-refractivity contribution < 1.29 is 16.6 Å². The molecule has 0 aromatic carbocycles. The molecule has 0 radical (unpaired) electrons. The van der Waals surface area contributed by atoms with Crippen LogP contribution in [0.1, 0.15) is 32.6 Å². The molecule has 0 aromatic rings. The summed E-state index contributed by atoms with van der Waals surface area (Å²) in [6.07, 6.45) is 5.72. The fourth-order valence-electron chi connectivity index (χ4n) is 3.87. The van der Waals surface area contributed by atoms with Crippen LogP contribution >= 0.6 is 0 Å². The van der Waals surface area contributed by atoms with Crippen LogP contribution in [0.3, 0.4) is 0 Å². The molecule has 90 valence electrons. The maximum atomic E-state index is 2.58. The average molecular weight is 270 g/mol. The van der Waals surface area contributed by atoms with Gasteiger partial charge in [0.15, 0.2) is 0 Å². The van der Waals surface area contributed by atoms with Crippen LogP contribution in [0.5, 0.6) is 0 Å². The van der Waals surface area contributed by atoms with Crippen molar-refractivity contribution >= 4 is 10.2 Å². The van der Waals surface area contributed by atoms with Gasteiger partial charge in [-0.15, -0.1) is 0 Å². The molecule has 0 aromatic heterocycles. The second-order valence-corrected chi connectivity index (χ2v) is 15.1. The Balaban J connectivity index is 2.48. The zero-order valence-corrected chi connectivity index (χ0v) is 15.2. The molecule has 16 heavy (non-hydrogen) atoms. The van der Waals surface area contributed by atoms with Gasteiger partial charge in [-0.3, -0.25) is 0 Å². The molecule has 0 saturated carbocycles. The van der Waals surface area contributed by atoms with Crippen LogP contribution in [0.25, 0.3) is 0 Å². The fraction of sp³-hybridized carbons (Fsp3) is 0.714. The van der Waals surface area contributed by atoms with Crippen LogP contribution < -0.4 is 0 Å². The summed E-state index contributed by atoms with van der Waals surface area (Å²) in [5.74, 6) is 0.891. The second kappa shape index (κ2) is 4.59. The summed E-state index contributed by atoms with van der Waals surface area (Å²) in [4.78, 5) is 0. The van der Waals surface area contributed by atoms with Gasteiger partial charge in [-0.25, -0.2) is 0 Å². The molecule has 2 rings (SSSR count). The van der Waals surface area contributed by atoms with E-state index >= 15 is 0 Å². The van der Waals surface area contributed by atoms with Crippen LogP contribution in [-0.4, -0.2) is 10.2 Å². The molecular formula is C14H26SiTi. The standard InChI is InChI=1S/C11H17Si.3CH3.Ti/c1-8-6-9-4-2-3-5-10(9)11(8)7-12;;;;/h11H,2-5,7H2,1,12H3;3*1H3;. The third kappa shape index (κ3) is 2.07. The summed E-state index contributed by atoms with van der Waals surface area (Å²) in [7, 11) is 1.36. The molecule has 0 bridgehead atoms. The molecule has 2 aliphatic carbocycles. The van der Waals surface area contributed by atoms with E-state index in [0.29, 0.717) is 0 Å². The quantitative estimate of drug-likeness (QED) is 0.669. The number of rotatable bonds is 2. The predicted octanol–water partition coefficient (Wildman–Crippen LogP) is 3.84. The monoisotopic (exact) mass is 270 g/mol. The van der Waals surface area contributed by atoms with Crippen molar-refractivity contribution in [3.63, 3.8) is 0 Å². The first kappa shape index (κ1) is 12.9. The minimum atomic E-state index is -1.63. The predicted molar refractivity (Wildman–Crippen MR) is 74.0 cm³/mol. The molecule has 0 N–H and O–H groups in total. The fourth-order valence-corrected chi connectivity index (χ4v) is 8.95. The van der Waals surface area contributed by atoms with Gasteiger partial charge in [0.25, 0.3) is 0 Å². The van der Waals surface area contributed by atoms with Crippen LogP contribution in [-0.2, 0) is 16.6 Å². The van der Waals surface area contributed by atoms with Crippen molar-refractivity contribution in [2.75, 3.05) is 0 Å². The van der Waals surface area contributed by atoms with Crippen LogP contribution in [0.4, 0.5) is 0 Å². The van der Waals surface area contributed by atoms with E-state index in [9.17, 15) is 0 Å². The Morgan fingerprint density at radius 3 is 2.38 bits per heavy atom. The van der Waals surface area contributed by atoms with Gasteiger partial charge < -0.3 is 0 Å². The van der Waals surface area contributed by atoms with E-state index in [-0.39, 0.29) is 0 Å². The Morgan fingerprint density at radius 1 is 1.19 bits per heavy atom. The van der Waals surface area contributed by atoms with Crippen LogP contribution in [0, 0.1) is 5.92 Å². The van der Waals surface area contributed by atoms with E-state index in [2.05, 4.69) is 22.6 Å². The number of allylic oxidation sites excluding steroid dienone is 4. The van der Waals surface area contributed by atoms with Gasteiger partial charge in [-0.2, -0.15) is 0 Å². The Hall–Kier alpha value is 0.411. The zero-order chi connectivity index (χ0) is 11.9. The van der Waals surface area contributed by atoms with Crippen LogP contribution in [0.2, 0.25) is 21.7 Å². The van der Waals surface area contributed by atoms with Crippen molar-refractivity contribution in [3.05, 3.63) is 20.6 Å². The van der Waals surface area contributed by atoms with Crippen molar-refractivity contribution in [2.45, 2.75) is 54.3 Å². The molecule has 0 aliphatic heterocycles. The van der Waals surface area contributed by atoms with E-state index in [0.717, 1.165) is 5.92 Å². The topological polar surface area (TPSA) is 0 Å². The summed E-state index contributed by atoms with van der Waals surface area (Å²) in [6, 6.07) is 1.46. The van der Waals surface area contributed by atoms with Crippen molar-refractivity contribution in [1.29, 1.82) is 0 Å². The molecule has 2 aliphatic rings. The number of hydrogen-bond donors (Lipinski definition) is 0. The molecule has 0 heterocycles. The summed E-state index contributed by atoms with van der Waals surface area (Å²) >= 11 is -1.63. The van der Waals surface area contributed by atoms with E-state index in [1.807, 2.05) is 15.0 Å². The third-order valence-corrected chi connectivity index (χ3v) is 8.55. The zero-order valence-electron chi connectivity index (χ0n) is 11.6.